The van der Waals surface area contributed by atoms with Gasteiger partial charge in [0, 0.05) is 12.7 Å². The summed E-state index contributed by atoms with van der Waals surface area (Å²) in [7, 11) is 1.66. The Morgan fingerprint density at radius 3 is 2.71 bits per heavy atom. The van der Waals surface area contributed by atoms with Gasteiger partial charge in [0.15, 0.2) is 0 Å². The fraction of sp³-hybridized carbons (Fsp3) is 0.167. The molecule has 0 bridgehead atoms. The Morgan fingerprint density at radius 2 is 2.06 bits per heavy atom. The van der Waals surface area contributed by atoms with Crippen molar-refractivity contribution in [2.45, 2.75) is 6.54 Å². The summed E-state index contributed by atoms with van der Waals surface area (Å²) in [5.74, 6) is 1.65. The first-order chi connectivity index (χ1) is 8.29. The highest BCUT2D eigenvalue weighted by Crippen LogP contribution is 2.18. The predicted octanol–water partition coefficient (Wildman–Crippen LogP) is 2.86. The van der Waals surface area contributed by atoms with Crippen LogP contribution in [0.1, 0.15) is 5.56 Å². The Labute approximate surface area is 108 Å². The zero-order valence-corrected chi connectivity index (χ0v) is 10.9. The maximum absolute atomic E-state index is 5.10. The molecule has 4 nitrogen and oxygen atoms in total. The summed E-state index contributed by atoms with van der Waals surface area (Å²) in [6.45, 7) is 0.708. The number of hydrogen-bond donors (Lipinski definition) is 1. The van der Waals surface area contributed by atoms with Crippen molar-refractivity contribution in [1.29, 1.82) is 0 Å². The molecule has 0 unspecified atom stereocenters. The van der Waals surface area contributed by atoms with Crippen molar-refractivity contribution in [3.05, 3.63) is 46.8 Å². The molecule has 1 aromatic carbocycles. The molecule has 0 saturated heterocycles. The van der Waals surface area contributed by atoms with Gasteiger partial charge < -0.3 is 10.1 Å². The molecule has 0 aliphatic rings. The van der Waals surface area contributed by atoms with Gasteiger partial charge in [0.25, 0.3) is 0 Å². The van der Waals surface area contributed by atoms with Gasteiger partial charge in [-0.25, -0.2) is 9.97 Å². The molecule has 1 heterocycles. The minimum absolute atomic E-state index is 0.708. The Balaban J connectivity index is 2.00. The van der Waals surface area contributed by atoms with E-state index in [9.17, 15) is 0 Å². The average molecular weight is 294 g/mol. The molecule has 0 saturated carbocycles. The largest absolute Gasteiger partial charge is 0.497 e. The molecule has 0 fully saturated rings. The highest BCUT2D eigenvalue weighted by molar-refractivity contribution is 9.10. The standard InChI is InChI=1S/C12H12BrN3O/c1-17-10-4-2-9(3-5-10)6-15-12-11(13)7-14-8-16-12/h2-5,7-8H,6H2,1H3,(H,14,15,16). The molecule has 1 aromatic heterocycles. The van der Waals surface area contributed by atoms with Crippen molar-refractivity contribution < 1.29 is 4.74 Å². The first-order valence-electron chi connectivity index (χ1n) is 5.12. The van der Waals surface area contributed by atoms with E-state index in [0.29, 0.717) is 6.54 Å². The number of benzene rings is 1. The maximum atomic E-state index is 5.10. The molecule has 2 rings (SSSR count). The highest BCUT2D eigenvalue weighted by atomic mass is 79.9. The zero-order chi connectivity index (χ0) is 12.1. The summed E-state index contributed by atoms with van der Waals surface area (Å²) in [4.78, 5) is 8.04. The summed E-state index contributed by atoms with van der Waals surface area (Å²) in [5, 5.41) is 3.23. The van der Waals surface area contributed by atoms with Crippen LogP contribution < -0.4 is 10.1 Å². The van der Waals surface area contributed by atoms with Crippen LogP contribution in [0.3, 0.4) is 0 Å². The van der Waals surface area contributed by atoms with Crippen LogP contribution >= 0.6 is 15.9 Å². The lowest BCUT2D eigenvalue weighted by Gasteiger charge is -2.07. The molecule has 5 heteroatoms. The van der Waals surface area contributed by atoms with Gasteiger partial charge >= 0.3 is 0 Å². The lowest BCUT2D eigenvalue weighted by atomic mass is 10.2. The number of anilines is 1. The van der Waals surface area contributed by atoms with Gasteiger partial charge in [-0.3, -0.25) is 0 Å². The number of hydrogen-bond acceptors (Lipinski definition) is 4. The summed E-state index contributed by atoms with van der Waals surface area (Å²) >= 11 is 3.39. The van der Waals surface area contributed by atoms with Crippen molar-refractivity contribution in [2.24, 2.45) is 0 Å². The van der Waals surface area contributed by atoms with Crippen LogP contribution in [0.25, 0.3) is 0 Å². The van der Waals surface area contributed by atoms with Gasteiger partial charge in [-0.2, -0.15) is 0 Å². The van der Waals surface area contributed by atoms with E-state index in [2.05, 4.69) is 31.2 Å². The lowest BCUT2D eigenvalue weighted by molar-refractivity contribution is 0.414. The van der Waals surface area contributed by atoms with Gasteiger partial charge in [0.05, 0.1) is 11.6 Å². The SMILES string of the molecule is COc1ccc(CNc2ncncc2Br)cc1. The van der Waals surface area contributed by atoms with Crippen LogP contribution in [0.15, 0.2) is 41.3 Å². The monoisotopic (exact) mass is 293 g/mol. The van der Waals surface area contributed by atoms with E-state index in [1.54, 1.807) is 13.3 Å². The molecule has 0 spiro atoms. The first kappa shape index (κ1) is 11.9. The number of nitrogens with zero attached hydrogens (tertiary/aromatic N) is 2. The van der Waals surface area contributed by atoms with Crippen molar-refractivity contribution in [1.82, 2.24) is 9.97 Å². The second kappa shape index (κ2) is 5.63. The quantitative estimate of drug-likeness (QED) is 0.942. The fourth-order valence-electron chi connectivity index (χ4n) is 1.37. The number of rotatable bonds is 4. The van der Waals surface area contributed by atoms with Gasteiger partial charge in [-0.1, -0.05) is 12.1 Å². The van der Waals surface area contributed by atoms with Crippen LogP contribution in [0.5, 0.6) is 5.75 Å². The molecule has 0 radical (unpaired) electrons. The van der Waals surface area contributed by atoms with Crippen molar-refractivity contribution in [2.75, 3.05) is 12.4 Å². The van der Waals surface area contributed by atoms with Crippen LogP contribution in [-0.4, -0.2) is 17.1 Å². The Morgan fingerprint density at radius 1 is 1.29 bits per heavy atom. The molecule has 0 aliphatic carbocycles. The van der Waals surface area contributed by atoms with E-state index in [0.717, 1.165) is 21.6 Å². The van der Waals surface area contributed by atoms with Crippen LogP contribution in [0, 0.1) is 0 Å². The summed E-state index contributed by atoms with van der Waals surface area (Å²) in [5.41, 5.74) is 1.16. The molecule has 17 heavy (non-hydrogen) atoms. The van der Waals surface area contributed by atoms with Crippen LogP contribution in [0.2, 0.25) is 0 Å². The number of halogens is 1. The molecular formula is C12H12BrN3O. The average Bonchev–Trinajstić information content (AvgIpc) is 2.38. The van der Waals surface area contributed by atoms with E-state index in [4.69, 9.17) is 4.74 Å². The fourth-order valence-corrected chi connectivity index (χ4v) is 1.73. The van der Waals surface area contributed by atoms with Gasteiger partial charge in [0.2, 0.25) is 0 Å². The van der Waals surface area contributed by atoms with E-state index in [-0.39, 0.29) is 0 Å². The minimum Gasteiger partial charge on any atom is -0.497 e. The second-order valence-corrected chi connectivity index (χ2v) is 4.28. The van der Waals surface area contributed by atoms with Gasteiger partial charge in [0.1, 0.15) is 17.9 Å². The van der Waals surface area contributed by atoms with E-state index >= 15 is 0 Å². The minimum atomic E-state index is 0.708. The highest BCUT2D eigenvalue weighted by Gasteiger charge is 2.00. The molecule has 0 amide bonds. The summed E-state index contributed by atoms with van der Waals surface area (Å²) in [6, 6.07) is 7.90. The summed E-state index contributed by atoms with van der Waals surface area (Å²) in [6.07, 6.45) is 3.23. The third-order valence-corrected chi connectivity index (χ3v) is 2.87. The van der Waals surface area contributed by atoms with E-state index < -0.39 is 0 Å². The molecule has 1 N–H and O–H groups in total. The van der Waals surface area contributed by atoms with Crippen LogP contribution in [0.4, 0.5) is 5.82 Å². The third-order valence-electron chi connectivity index (χ3n) is 2.29. The second-order valence-electron chi connectivity index (χ2n) is 3.42. The number of ether oxygens (including phenoxy) is 1. The van der Waals surface area contributed by atoms with Crippen LogP contribution in [-0.2, 0) is 6.54 Å². The van der Waals surface area contributed by atoms with Gasteiger partial charge in [-0.05, 0) is 33.6 Å². The van der Waals surface area contributed by atoms with E-state index in [1.807, 2.05) is 24.3 Å². The normalized spacial score (nSPS) is 10.0. The Bertz CT molecular complexity index is 487. The third kappa shape index (κ3) is 3.17. The topological polar surface area (TPSA) is 47.0 Å². The van der Waals surface area contributed by atoms with E-state index in [1.165, 1.54) is 6.33 Å². The molecular weight excluding hydrogens is 282 g/mol. The predicted molar refractivity (Wildman–Crippen MR) is 70.1 cm³/mol. The van der Waals surface area contributed by atoms with Gasteiger partial charge in [-0.15, -0.1) is 0 Å². The smallest absolute Gasteiger partial charge is 0.144 e. The Kier molecular flexibility index (Phi) is 3.93. The van der Waals surface area contributed by atoms with Crippen molar-refractivity contribution in [3.63, 3.8) is 0 Å². The number of methoxy groups -OCH3 is 1. The summed E-state index contributed by atoms with van der Waals surface area (Å²) < 4.78 is 5.96. The lowest BCUT2D eigenvalue weighted by Crippen LogP contribution is -2.02. The molecule has 88 valence electrons. The number of aromatic nitrogens is 2. The maximum Gasteiger partial charge on any atom is 0.144 e. The zero-order valence-electron chi connectivity index (χ0n) is 9.35. The van der Waals surface area contributed by atoms with Crippen molar-refractivity contribution >= 4 is 21.7 Å². The van der Waals surface area contributed by atoms with Crippen molar-refractivity contribution in [3.8, 4) is 5.75 Å². The molecule has 0 atom stereocenters. The number of nitrogens with one attached hydrogen (secondary N) is 1. The molecule has 2 aromatic rings. The molecule has 0 aliphatic heterocycles. The first-order valence-corrected chi connectivity index (χ1v) is 5.91. The Hall–Kier alpha value is -1.62.